The predicted molar refractivity (Wildman–Crippen MR) is 216 cm³/mol. The van der Waals surface area contributed by atoms with Crippen LogP contribution in [0.3, 0.4) is 0 Å². The normalized spacial score (nSPS) is 11.5. The van der Waals surface area contributed by atoms with Crippen LogP contribution in [-0.4, -0.2) is 60.7 Å². The van der Waals surface area contributed by atoms with Crippen molar-refractivity contribution in [2.24, 2.45) is 5.10 Å². The average molecular weight is 779 g/mol. The van der Waals surface area contributed by atoms with Crippen LogP contribution < -0.4 is 20.8 Å². The van der Waals surface area contributed by atoms with Crippen LogP contribution in [-0.2, 0) is 27.1 Å². The Kier molecular flexibility index (Phi) is 14.7. The van der Waals surface area contributed by atoms with E-state index in [2.05, 4.69) is 70.3 Å². The van der Waals surface area contributed by atoms with Crippen LogP contribution in [0.4, 0.5) is 5.82 Å². The summed E-state index contributed by atoms with van der Waals surface area (Å²) in [5.74, 6) is 0.943. The summed E-state index contributed by atoms with van der Waals surface area (Å²) in [7, 11) is -4.41. The van der Waals surface area contributed by atoms with E-state index in [0.29, 0.717) is 54.7 Å². The van der Waals surface area contributed by atoms with E-state index in [1.54, 1.807) is 36.0 Å². The summed E-state index contributed by atoms with van der Waals surface area (Å²) in [6.07, 6.45) is 6.94. The molecule has 284 valence electrons. The molecule has 5 aromatic rings. The molecule has 4 N–H and O–H groups in total. The Morgan fingerprint density at radius 1 is 0.891 bits per heavy atom. The number of benzene rings is 3. The first kappa shape index (κ1) is 40.4. The molecule has 5 rings (SSSR count). The van der Waals surface area contributed by atoms with Crippen molar-refractivity contribution in [3.63, 3.8) is 0 Å². The van der Waals surface area contributed by atoms with E-state index in [9.17, 15) is 22.6 Å². The fourth-order valence-electron chi connectivity index (χ4n) is 5.32. The Morgan fingerprint density at radius 2 is 1.64 bits per heavy atom. The molecule has 2 amide bonds. The van der Waals surface area contributed by atoms with Crippen molar-refractivity contribution < 1.29 is 27.3 Å². The van der Waals surface area contributed by atoms with Gasteiger partial charge in [0.05, 0.1) is 24.1 Å². The molecule has 0 radical (unpaired) electrons. The van der Waals surface area contributed by atoms with Crippen molar-refractivity contribution in [3.05, 3.63) is 149 Å². The molecule has 55 heavy (non-hydrogen) atoms. The minimum absolute atomic E-state index is 0.191. The molecule has 14 heteroatoms. The quantitative estimate of drug-likeness (QED) is 0.0189. The van der Waals surface area contributed by atoms with Crippen LogP contribution in [0.25, 0.3) is 6.08 Å². The fourth-order valence-corrected chi connectivity index (χ4v) is 7.04. The number of aromatic nitrogens is 2. The van der Waals surface area contributed by atoms with E-state index < -0.39 is 10.1 Å². The van der Waals surface area contributed by atoms with E-state index in [0.717, 1.165) is 12.1 Å². The molecule has 2 heterocycles. The van der Waals surface area contributed by atoms with Crippen LogP contribution in [0, 0.1) is 13.8 Å². The molecule has 0 atom stereocenters. The summed E-state index contributed by atoms with van der Waals surface area (Å²) in [4.78, 5) is 35.3. The van der Waals surface area contributed by atoms with Gasteiger partial charge in [-0.2, -0.15) is 13.5 Å². The number of thioether (sulfide) groups is 1. The molecule has 0 aliphatic rings. The predicted octanol–water partition coefficient (Wildman–Crippen LogP) is 6.65. The van der Waals surface area contributed by atoms with Crippen molar-refractivity contribution >= 4 is 51.8 Å². The molecule has 12 nitrogen and oxygen atoms in total. The number of pyridine rings is 2. The van der Waals surface area contributed by atoms with Crippen molar-refractivity contribution in [1.29, 1.82) is 0 Å². The Hall–Kier alpha value is -5.83. The molecular formula is C41H42N6O6S2. The van der Waals surface area contributed by atoms with Gasteiger partial charge in [0.15, 0.2) is 0 Å². The zero-order valence-electron chi connectivity index (χ0n) is 30.4. The summed E-state index contributed by atoms with van der Waals surface area (Å²) in [6, 6.07) is 29.2. The van der Waals surface area contributed by atoms with E-state index in [4.69, 9.17) is 9.72 Å². The highest BCUT2D eigenvalue weighted by Gasteiger charge is 2.13. The molecule has 0 aliphatic heterocycles. The lowest BCUT2D eigenvalue weighted by molar-refractivity contribution is -0.116. The third-order valence-electron chi connectivity index (χ3n) is 8.14. The van der Waals surface area contributed by atoms with Gasteiger partial charge >= 0.3 is 0 Å². The molecule has 0 unspecified atom stereocenters. The van der Waals surface area contributed by atoms with Crippen molar-refractivity contribution in [2.75, 3.05) is 25.1 Å². The molecule has 0 bridgehead atoms. The standard InChI is InChI=1S/C41H42N6O6S2/c1-29-10-8-11-30(2)40(29)54-28-34-17-19-36(53-25-22-31-12-4-3-5-13-31)35(46-34)18-21-39(48)42-23-9-24-43-41(49)33-16-20-38(44-26-33)47-45-27-32-14-6-7-15-37(32)55(50,51)52/h3-8,10-21,26-27H,9,22-25,28H2,1-2H3,(H,42,48)(H,43,49)(H,44,47)(H,50,51,52)/b21-18+,45-27+. The van der Waals surface area contributed by atoms with Crippen molar-refractivity contribution in [2.45, 2.75) is 42.2 Å². The second-order valence-corrected chi connectivity index (χ2v) is 14.7. The maximum atomic E-state index is 12.7. The number of amides is 2. The molecule has 0 saturated heterocycles. The van der Waals surface area contributed by atoms with E-state index in [1.807, 2.05) is 30.3 Å². The van der Waals surface area contributed by atoms with E-state index >= 15 is 0 Å². The monoisotopic (exact) mass is 778 g/mol. The number of anilines is 1. The van der Waals surface area contributed by atoms with Gasteiger partial charge in [-0.05, 0) is 73.4 Å². The number of hydrogen-bond donors (Lipinski definition) is 4. The molecule has 0 aliphatic carbocycles. The van der Waals surface area contributed by atoms with Gasteiger partial charge in [-0.25, -0.2) is 9.97 Å². The van der Waals surface area contributed by atoms with Gasteiger partial charge in [-0.3, -0.25) is 19.6 Å². The fraction of sp³-hybridized carbons (Fsp3) is 0.195. The van der Waals surface area contributed by atoms with Gasteiger partial charge in [0.1, 0.15) is 22.2 Å². The molecule has 2 aromatic heterocycles. The number of nitrogens with zero attached hydrogens (tertiary/aromatic N) is 3. The van der Waals surface area contributed by atoms with Crippen LogP contribution >= 0.6 is 11.8 Å². The Morgan fingerprint density at radius 3 is 2.38 bits per heavy atom. The highest BCUT2D eigenvalue weighted by Crippen LogP contribution is 2.30. The van der Waals surface area contributed by atoms with Gasteiger partial charge in [0, 0.05) is 48.0 Å². The average Bonchev–Trinajstić information content (AvgIpc) is 3.17. The van der Waals surface area contributed by atoms with Crippen molar-refractivity contribution in [1.82, 2.24) is 20.6 Å². The van der Waals surface area contributed by atoms with Gasteiger partial charge in [-0.1, -0.05) is 66.7 Å². The number of nitrogens with one attached hydrogen (secondary N) is 3. The number of carbonyl (C=O) groups excluding carboxylic acids is 2. The highest BCUT2D eigenvalue weighted by atomic mass is 32.2. The van der Waals surface area contributed by atoms with Gasteiger partial charge in [0.2, 0.25) is 5.91 Å². The maximum Gasteiger partial charge on any atom is 0.295 e. The second kappa shape index (κ2) is 20.0. The zero-order chi connectivity index (χ0) is 39.0. The SMILES string of the molecule is Cc1cccc(C)c1SCc1ccc(OCCc2ccccc2)c(/C=C/C(=O)NCCCNC(=O)c2ccc(N/N=C/c3ccccc3S(=O)(=O)O)nc2)n1. The van der Waals surface area contributed by atoms with Crippen LogP contribution in [0.1, 0.15) is 50.4 Å². The molecule has 0 fully saturated rings. The molecular weight excluding hydrogens is 737 g/mol. The number of carbonyl (C=O) groups is 2. The van der Waals surface area contributed by atoms with Gasteiger partial charge in [-0.15, -0.1) is 11.8 Å². The number of rotatable bonds is 18. The summed E-state index contributed by atoms with van der Waals surface area (Å²) in [5.41, 5.74) is 8.21. The number of hydrogen-bond acceptors (Lipinski definition) is 10. The second-order valence-electron chi connectivity index (χ2n) is 12.3. The lowest BCUT2D eigenvalue weighted by Gasteiger charge is -2.12. The minimum atomic E-state index is -4.41. The Balaban J connectivity index is 1.09. The molecule has 0 spiro atoms. The third-order valence-corrected chi connectivity index (χ3v) is 10.4. The number of aryl methyl sites for hydroxylation is 2. The Bertz CT molecular complexity index is 2230. The first-order valence-corrected chi connectivity index (χ1v) is 19.9. The van der Waals surface area contributed by atoms with Crippen LogP contribution in [0.5, 0.6) is 5.75 Å². The number of hydrazone groups is 1. The van der Waals surface area contributed by atoms with E-state index in [1.165, 1.54) is 58.3 Å². The number of ether oxygens (including phenoxy) is 1. The maximum absolute atomic E-state index is 12.7. The summed E-state index contributed by atoms with van der Waals surface area (Å²) >= 11 is 1.73. The smallest absolute Gasteiger partial charge is 0.295 e. The molecule has 0 saturated carbocycles. The van der Waals surface area contributed by atoms with Crippen molar-refractivity contribution in [3.8, 4) is 5.75 Å². The summed E-state index contributed by atoms with van der Waals surface area (Å²) in [5, 5.41) is 9.61. The highest BCUT2D eigenvalue weighted by molar-refractivity contribution is 7.98. The zero-order valence-corrected chi connectivity index (χ0v) is 32.1. The van der Waals surface area contributed by atoms with Gasteiger partial charge < -0.3 is 15.4 Å². The summed E-state index contributed by atoms with van der Waals surface area (Å²) in [6.45, 7) is 5.32. The Labute approximate surface area is 325 Å². The topological polar surface area (TPSA) is 172 Å². The third kappa shape index (κ3) is 12.6. The first-order valence-electron chi connectivity index (χ1n) is 17.5. The van der Waals surface area contributed by atoms with Gasteiger partial charge in [0.25, 0.3) is 16.0 Å². The lowest BCUT2D eigenvalue weighted by Crippen LogP contribution is -2.29. The van der Waals surface area contributed by atoms with Crippen LogP contribution in [0.2, 0.25) is 0 Å². The van der Waals surface area contributed by atoms with Crippen LogP contribution in [0.15, 0.2) is 124 Å². The minimum Gasteiger partial charge on any atom is -0.491 e. The largest absolute Gasteiger partial charge is 0.491 e. The van der Waals surface area contributed by atoms with E-state index in [-0.39, 0.29) is 22.3 Å². The first-order chi connectivity index (χ1) is 26.6. The lowest BCUT2D eigenvalue weighted by atomic mass is 10.2. The molecule has 3 aromatic carbocycles. The summed E-state index contributed by atoms with van der Waals surface area (Å²) < 4.78 is 38.6.